The molecule has 0 atom stereocenters. The number of ether oxygens (including phenoxy) is 1. The predicted octanol–water partition coefficient (Wildman–Crippen LogP) is 2.74. The van der Waals surface area contributed by atoms with Gasteiger partial charge < -0.3 is 9.64 Å². The van der Waals surface area contributed by atoms with Crippen LogP contribution in [-0.2, 0) is 6.54 Å². The zero-order valence-corrected chi connectivity index (χ0v) is 11.9. The molecule has 2 rings (SSSR count). The third-order valence-corrected chi connectivity index (χ3v) is 2.94. The van der Waals surface area contributed by atoms with Crippen LogP contribution in [0.2, 0.25) is 0 Å². The van der Waals surface area contributed by atoms with Crippen molar-refractivity contribution in [1.29, 1.82) is 0 Å². The number of rotatable bonds is 6. The minimum absolute atomic E-state index is 0.223. The molecule has 116 valence electrons. The molecule has 0 aliphatic carbocycles. The standard InChI is InChI=1S/C15H15F2N3O2/c1-2-20(10-12-5-3-4-8-18-12)14(21)11-6-7-13(19-9-11)22-15(16)17/h3-9,15H,2,10H2,1H3. The van der Waals surface area contributed by atoms with Crippen LogP contribution < -0.4 is 4.74 Å². The summed E-state index contributed by atoms with van der Waals surface area (Å²) in [5.74, 6) is -0.469. The first-order chi connectivity index (χ1) is 10.6. The molecule has 0 saturated carbocycles. The smallest absolute Gasteiger partial charge is 0.388 e. The summed E-state index contributed by atoms with van der Waals surface area (Å²) in [4.78, 5) is 21.8. The highest BCUT2D eigenvalue weighted by atomic mass is 19.3. The van der Waals surface area contributed by atoms with E-state index >= 15 is 0 Å². The summed E-state index contributed by atoms with van der Waals surface area (Å²) in [6.07, 6.45) is 2.88. The lowest BCUT2D eigenvalue weighted by Gasteiger charge is -2.20. The molecule has 2 heterocycles. The Hall–Kier alpha value is -2.57. The van der Waals surface area contributed by atoms with Gasteiger partial charge in [-0.3, -0.25) is 9.78 Å². The fourth-order valence-corrected chi connectivity index (χ4v) is 1.86. The van der Waals surface area contributed by atoms with Crippen molar-refractivity contribution < 1.29 is 18.3 Å². The summed E-state index contributed by atoms with van der Waals surface area (Å²) < 4.78 is 28.3. The van der Waals surface area contributed by atoms with E-state index in [2.05, 4.69) is 14.7 Å². The van der Waals surface area contributed by atoms with Crippen LogP contribution in [0.3, 0.4) is 0 Å². The number of nitrogens with zero attached hydrogens (tertiary/aromatic N) is 3. The van der Waals surface area contributed by atoms with Crippen LogP contribution in [-0.4, -0.2) is 33.9 Å². The van der Waals surface area contributed by atoms with Crippen molar-refractivity contribution in [3.8, 4) is 5.88 Å². The molecule has 22 heavy (non-hydrogen) atoms. The molecule has 0 fully saturated rings. The minimum Gasteiger partial charge on any atom is -0.417 e. The summed E-state index contributed by atoms with van der Waals surface area (Å²) in [7, 11) is 0. The highest BCUT2D eigenvalue weighted by molar-refractivity contribution is 5.93. The molecule has 0 saturated heterocycles. The number of aromatic nitrogens is 2. The normalized spacial score (nSPS) is 10.5. The molecule has 2 aromatic heterocycles. The lowest BCUT2D eigenvalue weighted by molar-refractivity contribution is -0.0528. The van der Waals surface area contributed by atoms with E-state index in [1.54, 1.807) is 17.2 Å². The zero-order valence-electron chi connectivity index (χ0n) is 11.9. The van der Waals surface area contributed by atoms with Crippen LogP contribution in [0.4, 0.5) is 8.78 Å². The van der Waals surface area contributed by atoms with Crippen LogP contribution >= 0.6 is 0 Å². The molecule has 1 amide bonds. The number of pyridine rings is 2. The fourth-order valence-electron chi connectivity index (χ4n) is 1.86. The Morgan fingerprint density at radius 1 is 1.27 bits per heavy atom. The summed E-state index contributed by atoms with van der Waals surface area (Å²) >= 11 is 0. The molecule has 0 bridgehead atoms. The average molecular weight is 307 g/mol. The lowest BCUT2D eigenvalue weighted by atomic mass is 10.2. The van der Waals surface area contributed by atoms with Gasteiger partial charge in [0.2, 0.25) is 5.88 Å². The van der Waals surface area contributed by atoms with Gasteiger partial charge in [0, 0.05) is 25.0 Å². The second kappa shape index (κ2) is 7.44. The van der Waals surface area contributed by atoms with Gasteiger partial charge in [-0.05, 0) is 25.1 Å². The largest absolute Gasteiger partial charge is 0.417 e. The zero-order chi connectivity index (χ0) is 15.9. The lowest BCUT2D eigenvalue weighted by Crippen LogP contribution is -2.30. The Labute approximate surface area is 126 Å². The average Bonchev–Trinajstić information content (AvgIpc) is 2.53. The van der Waals surface area contributed by atoms with E-state index in [1.165, 1.54) is 18.3 Å². The maximum atomic E-state index is 12.4. The molecule has 0 spiro atoms. The van der Waals surface area contributed by atoms with E-state index in [1.807, 2.05) is 19.1 Å². The number of carbonyl (C=O) groups is 1. The van der Waals surface area contributed by atoms with Gasteiger partial charge in [0.25, 0.3) is 5.91 Å². The number of hydrogen-bond donors (Lipinski definition) is 0. The maximum Gasteiger partial charge on any atom is 0.388 e. The van der Waals surface area contributed by atoms with E-state index in [0.29, 0.717) is 18.7 Å². The van der Waals surface area contributed by atoms with Gasteiger partial charge in [-0.1, -0.05) is 6.07 Å². The monoisotopic (exact) mass is 307 g/mol. The summed E-state index contributed by atoms with van der Waals surface area (Å²) in [5.41, 5.74) is 1.07. The Morgan fingerprint density at radius 2 is 2.09 bits per heavy atom. The van der Waals surface area contributed by atoms with Gasteiger partial charge in [0.05, 0.1) is 17.8 Å². The molecule has 2 aromatic rings. The third-order valence-electron chi connectivity index (χ3n) is 2.94. The molecule has 0 aliphatic heterocycles. The quantitative estimate of drug-likeness (QED) is 0.823. The summed E-state index contributed by atoms with van der Waals surface area (Å²) in [5, 5.41) is 0. The fraction of sp³-hybridized carbons (Fsp3) is 0.267. The van der Waals surface area contributed by atoms with Gasteiger partial charge in [0.1, 0.15) is 0 Å². The van der Waals surface area contributed by atoms with Gasteiger partial charge in [-0.2, -0.15) is 8.78 Å². The van der Waals surface area contributed by atoms with Gasteiger partial charge in [0.15, 0.2) is 0 Å². The van der Waals surface area contributed by atoms with Crippen LogP contribution in [0.1, 0.15) is 23.0 Å². The topological polar surface area (TPSA) is 55.3 Å². The molecule has 7 heteroatoms. The maximum absolute atomic E-state index is 12.4. The van der Waals surface area contributed by atoms with Crippen molar-refractivity contribution in [2.75, 3.05) is 6.54 Å². The molecule has 0 unspecified atom stereocenters. The van der Waals surface area contributed by atoms with Gasteiger partial charge in [-0.25, -0.2) is 4.98 Å². The van der Waals surface area contributed by atoms with E-state index in [9.17, 15) is 13.6 Å². The first kappa shape index (κ1) is 15.8. The molecule has 0 aliphatic rings. The number of hydrogen-bond acceptors (Lipinski definition) is 4. The first-order valence-electron chi connectivity index (χ1n) is 6.70. The SMILES string of the molecule is CCN(Cc1ccccn1)C(=O)c1ccc(OC(F)F)nc1. The Balaban J connectivity index is 2.08. The van der Waals surface area contributed by atoms with Crippen molar-refractivity contribution in [3.05, 3.63) is 54.0 Å². The van der Waals surface area contributed by atoms with E-state index < -0.39 is 6.61 Å². The van der Waals surface area contributed by atoms with Crippen LogP contribution in [0.5, 0.6) is 5.88 Å². The highest BCUT2D eigenvalue weighted by Crippen LogP contribution is 2.13. The number of alkyl halides is 2. The third kappa shape index (κ3) is 4.21. The van der Waals surface area contributed by atoms with E-state index in [4.69, 9.17) is 0 Å². The Kier molecular flexibility index (Phi) is 5.35. The molecule has 0 radical (unpaired) electrons. The molecular formula is C15H15F2N3O2. The molecule has 0 N–H and O–H groups in total. The Morgan fingerprint density at radius 3 is 2.64 bits per heavy atom. The van der Waals surface area contributed by atoms with Gasteiger partial charge in [-0.15, -0.1) is 0 Å². The Bertz CT molecular complexity index is 606. The van der Waals surface area contributed by atoms with Crippen molar-refractivity contribution in [3.63, 3.8) is 0 Å². The summed E-state index contributed by atoms with van der Waals surface area (Å²) in [6.45, 7) is -0.232. The van der Waals surface area contributed by atoms with Crippen LogP contribution in [0.25, 0.3) is 0 Å². The van der Waals surface area contributed by atoms with Gasteiger partial charge >= 0.3 is 6.61 Å². The second-order valence-corrected chi connectivity index (χ2v) is 4.40. The number of carbonyl (C=O) groups excluding carboxylic acids is 1. The van der Waals surface area contributed by atoms with Crippen LogP contribution in [0.15, 0.2) is 42.7 Å². The number of amides is 1. The highest BCUT2D eigenvalue weighted by Gasteiger charge is 2.16. The molecular weight excluding hydrogens is 292 g/mol. The first-order valence-corrected chi connectivity index (χ1v) is 6.70. The van der Waals surface area contributed by atoms with Crippen molar-refractivity contribution >= 4 is 5.91 Å². The summed E-state index contributed by atoms with van der Waals surface area (Å²) in [6, 6.07) is 8.13. The number of halogens is 2. The minimum atomic E-state index is -2.94. The van der Waals surface area contributed by atoms with E-state index in [-0.39, 0.29) is 11.8 Å². The predicted molar refractivity (Wildman–Crippen MR) is 75.5 cm³/mol. The van der Waals surface area contributed by atoms with E-state index in [0.717, 1.165) is 5.69 Å². The molecule has 0 aromatic carbocycles. The second-order valence-electron chi connectivity index (χ2n) is 4.40. The van der Waals surface area contributed by atoms with Crippen molar-refractivity contribution in [2.45, 2.75) is 20.1 Å². The van der Waals surface area contributed by atoms with Crippen molar-refractivity contribution in [2.24, 2.45) is 0 Å². The van der Waals surface area contributed by atoms with Crippen molar-refractivity contribution in [1.82, 2.24) is 14.9 Å². The van der Waals surface area contributed by atoms with Crippen LogP contribution in [0, 0.1) is 0 Å². The molecule has 5 nitrogen and oxygen atoms in total.